The van der Waals surface area contributed by atoms with Crippen molar-refractivity contribution in [3.05, 3.63) is 30.8 Å². The molecule has 0 bridgehead atoms. The molecule has 1 aromatic rings. The summed E-state index contributed by atoms with van der Waals surface area (Å²) < 4.78 is 2.19. The predicted molar refractivity (Wildman–Crippen MR) is 56.6 cm³/mol. The van der Waals surface area contributed by atoms with E-state index in [2.05, 4.69) is 38.5 Å². The Morgan fingerprint density at radius 3 is 2.60 bits per heavy atom. The molecule has 0 radical (unpaired) electrons. The molecule has 1 aromatic carbocycles. The van der Waals surface area contributed by atoms with Crippen molar-refractivity contribution in [1.29, 1.82) is 0 Å². The highest BCUT2D eigenvalue weighted by molar-refractivity contribution is 14.1. The third-order valence-electron chi connectivity index (χ3n) is 1.20. The first kappa shape index (κ1) is 8.81. The molecule has 3 heteroatoms. The largest absolute Gasteiger partial charge is 0.0831 e. The Balaban J connectivity index is 3.28. The van der Waals surface area contributed by atoms with Crippen molar-refractivity contribution in [3.8, 4) is 0 Å². The second kappa shape index (κ2) is 3.41. The van der Waals surface area contributed by atoms with Gasteiger partial charge in [0.15, 0.2) is 0 Å². The molecule has 1 rings (SSSR count). The van der Waals surface area contributed by atoms with Crippen molar-refractivity contribution in [2.24, 2.45) is 0 Å². The second-order valence-corrected chi connectivity index (χ2v) is 4.44. The summed E-state index contributed by atoms with van der Waals surface area (Å²) in [4.78, 5) is 0. The van der Waals surface area contributed by atoms with Gasteiger partial charge in [0.25, 0.3) is 0 Å². The summed E-state index contributed by atoms with van der Waals surface area (Å²) >= 11 is 11.5. The number of benzene rings is 1. The number of aryl methyl sites for hydroxylation is 1. The van der Waals surface area contributed by atoms with E-state index in [1.54, 1.807) is 0 Å². The summed E-state index contributed by atoms with van der Waals surface area (Å²) in [6, 6.07) is 3.96. The van der Waals surface area contributed by atoms with Gasteiger partial charge in [0, 0.05) is 8.04 Å². The Morgan fingerprint density at radius 2 is 2.10 bits per heavy atom. The summed E-state index contributed by atoms with van der Waals surface area (Å²) in [5.41, 5.74) is 1.22. The molecule has 0 N–H and O–H groups in total. The average molecular weight is 331 g/mol. The Morgan fingerprint density at radius 1 is 1.50 bits per heavy atom. The van der Waals surface area contributed by atoms with Crippen molar-refractivity contribution in [1.82, 2.24) is 0 Å². The molecule has 0 fully saturated rings. The van der Waals surface area contributed by atoms with Gasteiger partial charge < -0.3 is 0 Å². The van der Waals surface area contributed by atoms with Crippen LogP contribution in [0.25, 0.3) is 0 Å². The molecule has 10 heavy (non-hydrogen) atoms. The summed E-state index contributed by atoms with van der Waals surface area (Å²) in [6.07, 6.45) is 0. The standard InChI is InChI=1S/C7H5BrClI/c1-4-2-6(9)5(8)3-7(4)10/h2-3H,1H3. The zero-order valence-electron chi connectivity index (χ0n) is 5.29. The summed E-state index contributed by atoms with van der Waals surface area (Å²) in [6.45, 7) is 2.04. The zero-order valence-corrected chi connectivity index (χ0v) is 9.79. The van der Waals surface area contributed by atoms with Crippen LogP contribution in [0.3, 0.4) is 0 Å². The van der Waals surface area contributed by atoms with Crippen LogP contribution in [0.4, 0.5) is 0 Å². The van der Waals surface area contributed by atoms with Gasteiger partial charge in [-0.2, -0.15) is 0 Å². The number of hydrogen-bond donors (Lipinski definition) is 0. The van der Waals surface area contributed by atoms with E-state index < -0.39 is 0 Å². The van der Waals surface area contributed by atoms with Gasteiger partial charge in [-0.25, -0.2) is 0 Å². The summed E-state index contributed by atoms with van der Waals surface area (Å²) in [5, 5.41) is 0.776. The molecule has 0 saturated carbocycles. The van der Waals surface area contributed by atoms with Gasteiger partial charge in [0.05, 0.1) is 5.02 Å². The molecular weight excluding hydrogens is 326 g/mol. The minimum atomic E-state index is 0.776. The first-order valence-electron chi connectivity index (χ1n) is 2.72. The molecule has 0 nitrogen and oxygen atoms in total. The fraction of sp³-hybridized carbons (Fsp3) is 0.143. The molecule has 0 aromatic heterocycles. The van der Waals surface area contributed by atoms with E-state index in [1.807, 2.05) is 19.1 Å². The molecule has 0 heterocycles. The van der Waals surface area contributed by atoms with Crippen LogP contribution in [-0.2, 0) is 0 Å². The van der Waals surface area contributed by atoms with Crippen LogP contribution in [0.1, 0.15) is 5.56 Å². The van der Waals surface area contributed by atoms with Crippen LogP contribution in [0.15, 0.2) is 16.6 Å². The summed E-state index contributed by atoms with van der Waals surface area (Å²) in [7, 11) is 0. The third-order valence-corrected chi connectivity index (χ3v) is 3.56. The molecule has 0 spiro atoms. The lowest BCUT2D eigenvalue weighted by molar-refractivity contribution is 1.41. The molecule has 54 valence electrons. The van der Waals surface area contributed by atoms with E-state index in [0.717, 1.165) is 9.50 Å². The molecule has 0 aliphatic heterocycles. The number of halogens is 3. The fourth-order valence-electron chi connectivity index (χ4n) is 0.622. The molecule has 0 saturated heterocycles. The lowest BCUT2D eigenvalue weighted by Gasteiger charge is -1.99. The molecule has 0 unspecified atom stereocenters. The SMILES string of the molecule is Cc1cc(Cl)c(Br)cc1I. The van der Waals surface area contributed by atoms with Crippen molar-refractivity contribution >= 4 is 50.1 Å². The number of hydrogen-bond acceptors (Lipinski definition) is 0. The van der Waals surface area contributed by atoms with Gasteiger partial charge in [0.2, 0.25) is 0 Å². The van der Waals surface area contributed by atoms with E-state index >= 15 is 0 Å². The van der Waals surface area contributed by atoms with Crippen molar-refractivity contribution in [2.75, 3.05) is 0 Å². The van der Waals surface area contributed by atoms with Gasteiger partial charge in [0.1, 0.15) is 0 Å². The Labute approximate surface area is 87.2 Å². The molecule has 0 aliphatic rings. The highest BCUT2D eigenvalue weighted by Gasteiger charge is 1.99. The maximum atomic E-state index is 5.84. The van der Waals surface area contributed by atoms with Gasteiger partial charge in [-0.15, -0.1) is 0 Å². The third kappa shape index (κ3) is 1.86. The molecule has 0 aliphatic carbocycles. The zero-order chi connectivity index (χ0) is 7.72. The van der Waals surface area contributed by atoms with Crippen LogP contribution in [0.5, 0.6) is 0 Å². The first-order valence-corrected chi connectivity index (χ1v) is 4.97. The van der Waals surface area contributed by atoms with Crippen LogP contribution >= 0.6 is 50.1 Å². The minimum absolute atomic E-state index is 0.776. The van der Waals surface area contributed by atoms with E-state index in [-0.39, 0.29) is 0 Å². The second-order valence-electron chi connectivity index (χ2n) is 2.02. The minimum Gasteiger partial charge on any atom is -0.0831 e. The fourth-order valence-corrected chi connectivity index (χ4v) is 2.08. The maximum absolute atomic E-state index is 5.84. The van der Waals surface area contributed by atoms with E-state index in [4.69, 9.17) is 11.6 Å². The molecule has 0 atom stereocenters. The predicted octanol–water partition coefficient (Wildman–Crippen LogP) is 4.02. The quantitative estimate of drug-likeness (QED) is 0.498. The lowest BCUT2D eigenvalue weighted by Crippen LogP contribution is -1.79. The van der Waals surface area contributed by atoms with Gasteiger partial charge in [-0.05, 0) is 63.1 Å². The van der Waals surface area contributed by atoms with Crippen LogP contribution in [-0.4, -0.2) is 0 Å². The van der Waals surface area contributed by atoms with E-state index in [1.165, 1.54) is 9.13 Å². The Kier molecular flexibility index (Phi) is 3.01. The monoisotopic (exact) mass is 330 g/mol. The normalized spacial score (nSPS) is 10.0. The van der Waals surface area contributed by atoms with Crippen LogP contribution < -0.4 is 0 Å². The van der Waals surface area contributed by atoms with Crippen LogP contribution in [0.2, 0.25) is 5.02 Å². The number of rotatable bonds is 0. The van der Waals surface area contributed by atoms with Crippen molar-refractivity contribution < 1.29 is 0 Å². The first-order chi connectivity index (χ1) is 4.61. The highest BCUT2D eigenvalue weighted by atomic mass is 127. The van der Waals surface area contributed by atoms with E-state index in [0.29, 0.717) is 0 Å². The van der Waals surface area contributed by atoms with Crippen molar-refractivity contribution in [3.63, 3.8) is 0 Å². The van der Waals surface area contributed by atoms with Crippen LogP contribution in [0, 0.1) is 10.5 Å². The highest BCUT2D eigenvalue weighted by Crippen LogP contribution is 2.26. The topological polar surface area (TPSA) is 0 Å². The average Bonchev–Trinajstić information content (AvgIpc) is 1.84. The molecule has 0 amide bonds. The van der Waals surface area contributed by atoms with E-state index in [9.17, 15) is 0 Å². The molecular formula is C7H5BrClI. The van der Waals surface area contributed by atoms with Gasteiger partial charge in [-0.3, -0.25) is 0 Å². The Hall–Kier alpha value is 0.720. The van der Waals surface area contributed by atoms with Gasteiger partial charge in [-0.1, -0.05) is 11.6 Å². The summed E-state index contributed by atoms with van der Waals surface area (Å²) in [5.74, 6) is 0. The Bertz CT molecular complexity index is 210. The lowest BCUT2D eigenvalue weighted by atomic mass is 10.2. The smallest absolute Gasteiger partial charge is 0.0551 e. The van der Waals surface area contributed by atoms with Gasteiger partial charge >= 0.3 is 0 Å². The van der Waals surface area contributed by atoms with Crippen molar-refractivity contribution in [2.45, 2.75) is 6.92 Å². The maximum Gasteiger partial charge on any atom is 0.0551 e.